The van der Waals surface area contributed by atoms with Crippen LogP contribution in [0.2, 0.25) is 0 Å². The number of aryl methyl sites for hydroxylation is 1. The van der Waals surface area contributed by atoms with Gasteiger partial charge < -0.3 is 19.8 Å². The molecule has 148 valence electrons. The number of hydrogen-bond acceptors (Lipinski definition) is 7. The minimum Gasteiger partial charge on any atom is -0.468 e. The zero-order valence-corrected chi connectivity index (χ0v) is 15.8. The molecule has 29 heavy (non-hydrogen) atoms. The lowest BCUT2D eigenvalue weighted by Gasteiger charge is -2.08. The van der Waals surface area contributed by atoms with Crippen LogP contribution in [0.4, 0.5) is 5.69 Å². The summed E-state index contributed by atoms with van der Waals surface area (Å²) in [7, 11) is 1.24. The first-order chi connectivity index (χ1) is 14.0. The van der Waals surface area contributed by atoms with E-state index in [1.54, 1.807) is 49.4 Å². The van der Waals surface area contributed by atoms with Crippen LogP contribution in [0, 0.1) is 6.92 Å². The molecule has 2 aromatic carbocycles. The van der Waals surface area contributed by atoms with Crippen molar-refractivity contribution < 1.29 is 23.5 Å². The lowest BCUT2D eigenvalue weighted by atomic mass is 10.1. The lowest BCUT2D eigenvalue weighted by molar-refractivity contribution is -0.139. The molecule has 0 aliphatic carbocycles. The second-order valence-corrected chi connectivity index (χ2v) is 6.00. The maximum absolute atomic E-state index is 12.5. The van der Waals surface area contributed by atoms with E-state index in [2.05, 4.69) is 25.6 Å². The van der Waals surface area contributed by atoms with E-state index in [1.165, 1.54) is 13.2 Å². The molecule has 3 rings (SSSR count). The average molecular weight is 394 g/mol. The summed E-state index contributed by atoms with van der Waals surface area (Å²) in [5, 5.41) is 12.9. The molecule has 0 aliphatic rings. The van der Waals surface area contributed by atoms with Crippen molar-refractivity contribution in [2.24, 2.45) is 0 Å². The number of benzene rings is 2. The van der Waals surface area contributed by atoms with Gasteiger partial charge in [0.2, 0.25) is 11.8 Å². The Kier molecular flexibility index (Phi) is 5.98. The Morgan fingerprint density at radius 1 is 1.00 bits per heavy atom. The van der Waals surface area contributed by atoms with E-state index >= 15 is 0 Å². The number of aromatic nitrogens is 2. The highest BCUT2D eigenvalue weighted by Gasteiger charge is 2.12. The number of nitrogens with zero attached hydrogens (tertiary/aromatic N) is 2. The molecule has 1 aromatic heterocycles. The van der Waals surface area contributed by atoms with Crippen molar-refractivity contribution in [3.8, 4) is 11.5 Å². The van der Waals surface area contributed by atoms with Gasteiger partial charge in [0.05, 0.1) is 7.11 Å². The molecule has 0 atom stereocenters. The fourth-order valence-corrected chi connectivity index (χ4v) is 2.45. The van der Waals surface area contributed by atoms with E-state index in [0.717, 1.165) is 0 Å². The normalized spacial score (nSPS) is 10.3. The van der Waals surface area contributed by atoms with E-state index in [1.807, 2.05) is 0 Å². The third kappa shape index (κ3) is 5.04. The van der Waals surface area contributed by atoms with Gasteiger partial charge in [0, 0.05) is 29.3 Å². The maximum atomic E-state index is 12.5. The molecular formula is C20H18N4O5. The van der Waals surface area contributed by atoms with Crippen molar-refractivity contribution in [1.29, 1.82) is 0 Å². The molecule has 0 spiro atoms. The highest BCUT2D eigenvalue weighted by Crippen LogP contribution is 2.19. The molecule has 0 saturated heterocycles. The summed E-state index contributed by atoms with van der Waals surface area (Å²) in [4.78, 5) is 35.7. The van der Waals surface area contributed by atoms with Crippen LogP contribution in [-0.2, 0) is 9.53 Å². The topological polar surface area (TPSA) is 123 Å². The van der Waals surface area contributed by atoms with Crippen LogP contribution in [0.3, 0.4) is 0 Å². The Morgan fingerprint density at radius 2 is 1.76 bits per heavy atom. The van der Waals surface area contributed by atoms with Crippen LogP contribution in [0.15, 0.2) is 52.9 Å². The highest BCUT2D eigenvalue weighted by atomic mass is 16.5. The molecule has 0 radical (unpaired) electrons. The number of carbonyl (C=O) groups is 3. The van der Waals surface area contributed by atoms with Crippen LogP contribution in [0.25, 0.3) is 11.5 Å². The maximum Gasteiger partial charge on any atom is 0.325 e. The minimum atomic E-state index is -0.554. The van der Waals surface area contributed by atoms with Crippen molar-refractivity contribution in [2.45, 2.75) is 6.92 Å². The molecule has 9 nitrogen and oxygen atoms in total. The summed E-state index contributed by atoms with van der Waals surface area (Å²) < 4.78 is 9.83. The van der Waals surface area contributed by atoms with Gasteiger partial charge in [-0.15, -0.1) is 10.2 Å². The summed E-state index contributed by atoms with van der Waals surface area (Å²) in [6.07, 6.45) is 0. The molecule has 2 N–H and O–H groups in total. The number of carbonyl (C=O) groups excluding carboxylic acids is 3. The first-order valence-corrected chi connectivity index (χ1v) is 8.63. The number of ether oxygens (including phenoxy) is 1. The fourth-order valence-electron chi connectivity index (χ4n) is 2.45. The molecule has 0 fully saturated rings. The van der Waals surface area contributed by atoms with Crippen molar-refractivity contribution in [1.82, 2.24) is 15.5 Å². The van der Waals surface area contributed by atoms with E-state index in [0.29, 0.717) is 34.2 Å². The standard InChI is InChI=1S/C20H18N4O5/c1-12-23-24-20(29-12)14-8-6-13(7-9-14)19(27)22-16-5-3-4-15(10-16)18(26)21-11-17(25)28-2/h3-10H,11H2,1-2H3,(H,21,26)(H,22,27). The number of esters is 1. The zero-order valence-electron chi connectivity index (χ0n) is 15.8. The summed E-state index contributed by atoms with van der Waals surface area (Å²) in [5.41, 5.74) is 1.86. The van der Waals surface area contributed by atoms with Crippen LogP contribution in [-0.4, -0.2) is 41.6 Å². The second-order valence-electron chi connectivity index (χ2n) is 6.00. The third-order valence-electron chi connectivity index (χ3n) is 3.92. The van der Waals surface area contributed by atoms with E-state index in [-0.39, 0.29) is 12.5 Å². The van der Waals surface area contributed by atoms with Gasteiger partial charge in [-0.05, 0) is 42.5 Å². The van der Waals surface area contributed by atoms with Crippen molar-refractivity contribution in [3.63, 3.8) is 0 Å². The molecule has 0 bridgehead atoms. The van der Waals surface area contributed by atoms with Gasteiger partial charge in [0.15, 0.2) is 0 Å². The predicted molar refractivity (Wildman–Crippen MR) is 103 cm³/mol. The first kappa shape index (κ1) is 19.7. The second kappa shape index (κ2) is 8.79. The van der Waals surface area contributed by atoms with E-state index in [4.69, 9.17) is 4.42 Å². The van der Waals surface area contributed by atoms with E-state index < -0.39 is 11.9 Å². The zero-order chi connectivity index (χ0) is 20.8. The van der Waals surface area contributed by atoms with Gasteiger partial charge in [0.25, 0.3) is 11.8 Å². The van der Waals surface area contributed by atoms with Gasteiger partial charge in [-0.25, -0.2) is 0 Å². The van der Waals surface area contributed by atoms with Crippen LogP contribution < -0.4 is 10.6 Å². The number of amides is 2. The van der Waals surface area contributed by atoms with Crippen molar-refractivity contribution in [3.05, 3.63) is 65.5 Å². The molecule has 0 unspecified atom stereocenters. The highest BCUT2D eigenvalue weighted by molar-refractivity contribution is 6.05. The number of hydrogen-bond donors (Lipinski definition) is 2. The Labute approximate surface area is 166 Å². The first-order valence-electron chi connectivity index (χ1n) is 8.63. The van der Waals surface area contributed by atoms with E-state index in [9.17, 15) is 14.4 Å². The summed E-state index contributed by atoms with van der Waals surface area (Å²) in [6, 6.07) is 13.1. The van der Waals surface area contributed by atoms with Gasteiger partial charge >= 0.3 is 5.97 Å². The Hall–Kier alpha value is -4.01. The summed E-state index contributed by atoms with van der Waals surface area (Å²) in [6.45, 7) is 1.46. The largest absolute Gasteiger partial charge is 0.468 e. The Balaban J connectivity index is 1.66. The Bertz CT molecular complexity index is 1040. The minimum absolute atomic E-state index is 0.238. The fraction of sp³-hybridized carbons (Fsp3) is 0.150. The molecule has 1 heterocycles. The number of rotatable bonds is 6. The quantitative estimate of drug-likeness (QED) is 0.614. The third-order valence-corrected chi connectivity index (χ3v) is 3.92. The number of anilines is 1. The molecule has 2 amide bonds. The Morgan fingerprint density at radius 3 is 2.41 bits per heavy atom. The van der Waals surface area contributed by atoms with Gasteiger partial charge in [-0.3, -0.25) is 14.4 Å². The molecule has 0 saturated carbocycles. The van der Waals surface area contributed by atoms with Crippen LogP contribution in [0.5, 0.6) is 0 Å². The predicted octanol–water partition coefficient (Wildman–Crippen LogP) is 2.20. The lowest BCUT2D eigenvalue weighted by Crippen LogP contribution is -2.30. The SMILES string of the molecule is COC(=O)CNC(=O)c1cccc(NC(=O)c2ccc(-c3nnc(C)o3)cc2)c1. The van der Waals surface area contributed by atoms with Gasteiger partial charge in [-0.2, -0.15) is 0 Å². The average Bonchev–Trinajstić information content (AvgIpc) is 3.18. The van der Waals surface area contributed by atoms with Crippen molar-refractivity contribution >= 4 is 23.5 Å². The number of nitrogens with one attached hydrogen (secondary N) is 2. The summed E-state index contributed by atoms with van der Waals surface area (Å²) in [5.74, 6) is -0.518. The summed E-state index contributed by atoms with van der Waals surface area (Å²) >= 11 is 0. The molecule has 9 heteroatoms. The molecule has 0 aliphatic heterocycles. The van der Waals surface area contributed by atoms with Crippen molar-refractivity contribution in [2.75, 3.05) is 19.0 Å². The van der Waals surface area contributed by atoms with Gasteiger partial charge in [-0.1, -0.05) is 6.07 Å². The number of methoxy groups -OCH3 is 1. The molecule has 3 aromatic rings. The van der Waals surface area contributed by atoms with Crippen LogP contribution >= 0.6 is 0 Å². The smallest absolute Gasteiger partial charge is 0.325 e. The van der Waals surface area contributed by atoms with Crippen LogP contribution in [0.1, 0.15) is 26.6 Å². The molecular weight excluding hydrogens is 376 g/mol. The van der Waals surface area contributed by atoms with Gasteiger partial charge in [0.1, 0.15) is 6.54 Å². The monoisotopic (exact) mass is 394 g/mol.